The standard InChI is InChI=1S/C15H14N2O3/c18-12-6-3-8-16-14(12)17-15(19)13-11-5-2-1-4-10(11)7-9-20-13/h1-6,8,13,18H,7,9H2,(H,16,17,19)/t13-/m0/s1. The second-order valence-electron chi connectivity index (χ2n) is 4.56. The van der Waals surface area contributed by atoms with Crippen molar-refractivity contribution in [2.45, 2.75) is 12.5 Å². The van der Waals surface area contributed by atoms with Crippen molar-refractivity contribution in [1.82, 2.24) is 4.98 Å². The van der Waals surface area contributed by atoms with Gasteiger partial charge in [-0.25, -0.2) is 4.98 Å². The number of aromatic nitrogens is 1. The molecule has 20 heavy (non-hydrogen) atoms. The molecule has 102 valence electrons. The van der Waals surface area contributed by atoms with Crippen molar-refractivity contribution in [3.8, 4) is 5.75 Å². The summed E-state index contributed by atoms with van der Waals surface area (Å²) in [6, 6.07) is 10.8. The highest BCUT2D eigenvalue weighted by atomic mass is 16.5. The van der Waals surface area contributed by atoms with Crippen LogP contribution in [0.15, 0.2) is 42.6 Å². The Kier molecular flexibility index (Phi) is 3.35. The van der Waals surface area contributed by atoms with Crippen LogP contribution in [0, 0.1) is 0 Å². The van der Waals surface area contributed by atoms with E-state index in [1.54, 1.807) is 6.07 Å². The lowest BCUT2D eigenvalue weighted by Crippen LogP contribution is -2.28. The molecule has 2 heterocycles. The number of aromatic hydroxyl groups is 1. The van der Waals surface area contributed by atoms with Gasteiger partial charge in [-0.2, -0.15) is 0 Å². The molecule has 1 aromatic carbocycles. The Morgan fingerprint density at radius 1 is 1.30 bits per heavy atom. The molecule has 1 amide bonds. The Hall–Kier alpha value is -2.40. The lowest BCUT2D eigenvalue weighted by atomic mass is 9.97. The van der Waals surface area contributed by atoms with Gasteiger partial charge in [0.2, 0.25) is 0 Å². The molecule has 2 aromatic rings. The van der Waals surface area contributed by atoms with Crippen LogP contribution in [0.4, 0.5) is 5.82 Å². The van der Waals surface area contributed by atoms with Crippen LogP contribution < -0.4 is 5.32 Å². The number of nitrogens with one attached hydrogen (secondary N) is 1. The zero-order valence-electron chi connectivity index (χ0n) is 10.7. The van der Waals surface area contributed by atoms with Gasteiger partial charge in [-0.1, -0.05) is 24.3 Å². The number of ether oxygens (including phenoxy) is 1. The molecule has 1 aromatic heterocycles. The third-order valence-electron chi connectivity index (χ3n) is 3.26. The van der Waals surface area contributed by atoms with Crippen molar-refractivity contribution in [3.05, 3.63) is 53.7 Å². The first-order valence-electron chi connectivity index (χ1n) is 6.40. The molecule has 1 aliphatic heterocycles. The highest BCUT2D eigenvalue weighted by molar-refractivity contribution is 5.95. The second kappa shape index (κ2) is 5.30. The molecule has 2 N–H and O–H groups in total. The Bertz CT molecular complexity index is 643. The van der Waals surface area contributed by atoms with Gasteiger partial charge in [-0.05, 0) is 29.7 Å². The van der Waals surface area contributed by atoms with E-state index < -0.39 is 6.10 Å². The zero-order valence-corrected chi connectivity index (χ0v) is 10.7. The molecule has 5 nitrogen and oxygen atoms in total. The molecule has 0 saturated heterocycles. The predicted octanol–water partition coefficient (Wildman–Crippen LogP) is 2.04. The number of amides is 1. The molecule has 0 bridgehead atoms. The van der Waals surface area contributed by atoms with Gasteiger partial charge >= 0.3 is 0 Å². The van der Waals surface area contributed by atoms with Crippen LogP contribution in [0.5, 0.6) is 5.75 Å². The maximum Gasteiger partial charge on any atom is 0.259 e. The van der Waals surface area contributed by atoms with E-state index in [1.807, 2.05) is 24.3 Å². The van der Waals surface area contributed by atoms with Gasteiger partial charge in [-0.3, -0.25) is 4.79 Å². The number of nitrogens with zero attached hydrogens (tertiary/aromatic N) is 1. The maximum atomic E-state index is 12.3. The first kappa shape index (κ1) is 12.6. The summed E-state index contributed by atoms with van der Waals surface area (Å²) in [6.45, 7) is 0.503. The molecular weight excluding hydrogens is 256 g/mol. The van der Waals surface area contributed by atoms with Gasteiger partial charge in [0.25, 0.3) is 5.91 Å². The Morgan fingerprint density at radius 2 is 2.15 bits per heavy atom. The number of hydrogen-bond acceptors (Lipinski definition) is 4. The van der Waals surface area contributed by atoms with Gasteiger partial charge in [-0.15, -0.1) is 0 Å². The van der Waals surface area contributed by atoms with Crippen molar-refractivity contribution >= 4 is 11.7 Å². The summed E-state index contributed by atoms with van der Waals surface area (Å²) in [6.07, 6.45) is 1.64. The lowest BCUT2D eigenvalue weighted by molar-refractivity contribution is -0.128. The molecule has 5 heteroatoms. The molecule has 0 saturated carbocycles. The van der Waals surface area contributed by atoms with Crippen LogP contribution in [0.25, 0.3) is 0 Å². The summed E-state index contributed by atoms with van der Waals surface area (Å²) in [5.41, 5.74) is 1.98. The molecule has 1 aliphatic rings. The molecule has 0 unspecified atom stereocenters. The number of benzene rings is 1. The van der Waals surface area contributed by atoms with Crippen LogP contribution in [0.3, 0.4) is 0 Å². The third-order valence-corrected chi connectivity index (χ3v) is 3.26. The molecule has 0 spiro atoms. The SMILES string of the molecule is O=C(Nc1ncccc1O)[C@H]1OCCc2ccccc21. The number of fused-ring (bicyclic) bond motifs is 1. The van der Waals surface area contributed by atoms with Crippen LogP contribution >= 0.6 is 0 Å². The van der Waals surface area contributed by atoms with E-state index in [9.17, 15) is 9.90 Å². The second-order valence-corrected chi connectivity index (χ2v) is 4.56. The summed E-state index contributed by atoms with van der Waals surface area (Å²) >= 11 is 0. The summed E-state index contributed by atoms with van der Waals surface area (Å²) in [4.78, 5) is 16.2. The average Bonchev–Trinajstić information content (AvgIpc) is 2.49. The predicted molar refractivity (Wildman–Crippen MR) is 73.4 cm³/mol. The van der Waals surface area contributed by atoms with Crippen LogP contribution in [0.1, 0.15) is 17.2 Å². The van der Waals surface area contributed by atoms with Crippen molar-refractivity contribution in [1.29, 1.82) is 0 Å². The average molecular weight is 270 g/mol. The zero-order chi connectivity index (χ0) is 13.9. The topological polar surface area (TPSA) is 71.5 Å². The monoisotopic (exact) mass is 270 g/mol. The number of rotatable bonds is 2. The summed E-state index contributed by atoms with van der Waals surface area (Å²) in [7, 11) is 0. The van der Waals surface area contributed by atoms with E-state index in [0.717, 1.165) is 17.5 Å². The smallest absolute Gasteiger partial charge is 0.259 e. The van der Waals surface area contributed by atoms with Crippen LogP contribution in [-0.2, 0) is 16.0 Å². The Balaban J connectivity index is 1.84. The van der Waals surface area contributed by atoms with Crippen LogP contribution in [0.2, 0.25) is 0 Å². The van der Waals surface area contributed by atoms with E-state index >= 15 is 0 Å². The summed E-state index contributed by atoms with van der Waals surface area (Å²) < 4.78 is 5.56. The maximum absolute atomic E-state index is 12.3. The first-order chi connectivity index (χ1) is 9.75. The molecule has 1 atom stereocenters. The quantitative estimate of drug-likeness (QED) is 0.876. The Morgan fingerprint density at radius 3 is 3.00 bits per heavy atom. The van der Waals surface area contributed by atoms with Gasteiger partial charge in [0.1, 0.15) is 0 Å². The molecular formula is C15H14N2O3. The minimum absolute atomic E-state index is 0.0649. The van der Waals surface area contributed by atoms with E-state index in [1.165, 1.54) is 12.3 Å². The largest absolute Gasteiger partial charge is 0.504 e. The minimum Gasteiger partial charge on any atom is -0.504 e. The number of anilines is 1. The van der Waals surface area contributed by atoms with Gasteiger partial charge < -0.3 is 15.2 Å². The van der Waals surface area contributed by atoms with Crippen molar-refractivity contribution in [2.24, 2.45) is 0 Å². The van der Waals surface area contributed by atoms with E-state index in [-0.39, 0.29) is 17.5 Å². The number of pyridine rings is 1. The first-order valence-corrected chi connectivity index (χ1v) is 6.40. The fourth-order valence-corrected chi connectivity index (χ4v) is 2.29. The van der Waals surface area contributed by atoms with Crippen molar-refractivity contribution in [2.75, 3.05) is 11.9 Å². The van der Waals surface area contributed by atoms with E-state index in [0.29, 0.717) is 6.61 Å². The Labute approximate surface area is 116 Å². The normalized spacial score (nSPS) is 17.3. The van der Waals surface area contributed by atoms with E-state index in [2.05, 4.69) is 10.3 Å². The van der Waals surface area contributed by atoms with Crippen LogP contribution in [-0.4, -0.2) is 22.6 Å². The summed E-state index contributed by atoms with van der Waals surface area (Å²) in [5.74, 6) is -0.250. The fourth-order valence-electron chi connectivity index (χ4n) is 2.29. The molecule has 0 fully saturated rings. The van der Waals surface area contributed by atoms with Crippen molar-refractivity contribution in [3.63, 3.8) is 0 Å². The molecule has 0 radical (unpaired) electrons. The van der Waals surface area contributed by atoms with Gasteiger partial charge in [0.15, 0.2) is 17.7 Å². The minimum atomic E-state index is -0.665. The highest BCUT2D eigenvalue weighted by Crippen LogP contribution is 2.29. The number of hydrogen-bond donors (Lipinski definition) is 2. The van der Waals surface area contributed by atoms with E-state index in [4.69, 9.17) is 4.74 Å². The molecule has 0 aliphatic carbocycles. The number of carbonyl (C=O) groups excluding carboxylic acids is 1. The lowest BCUT2D eigenvalue weighted by Gasteiger charge is -2.25. The van der Waals surface area contributed by atoms with Gasteiger partial charge in [0.05, 0.1) is 6.61 Å². The van der Waals surface area contributed by atoms with Crippen molar-refractivity contribution < 1.29 is 14.6 Å². The fraction of sp³-hybridized carbons (Fsp3) is 0.200. The summed E-state index contributed by atoms with van der Waals surface area (Å²) in [5, 5.41) is 12.2. The molecule has 3 rings (SSSR count). The number of carbonyl (C=O) groups is 1. The van der Waals surface area contributed by atoms with Gasteiger partial charge in [0, 0.05) is 6.20 Å². The third kappa shape index (κ3) is 2.35. The highest BCUT2D eigenvalue weighted by Gasteiger charge is 2.27.